The average molecular weight is 265 g/mol. The van der Waals surface area contributed by atoms with Crippen LogP contribution in [0.25, 0.3) is 0 Å². The summed E-state index contributed by atoms with van der Waals surface area (Å²) in [6.07, 6.45) is 1.03. The minimum Gasteiger partial charge on any atom is -0.370 e. The second-order valence-electron chi connectivity index (χ2n) is 3.68. The number of aromatic nitrogens is 3. The first-order valence-electron chi connectivity index (χ1n) is 5.61. The van der Waals surface area contributed by atoms with Crippen LogP contribution in [0.2, 0.25) is 0 Å². The first-order valence-corrected chi connectivity index (χ1v) is 5.61. The zero-order chi connectivity index (χ0) is 13.8. The Balaban J connectivity index is 2.24. The van der Waals surface area contributed by atoms with Crippen molar-refractivity contribution in [2.45, 2.75) is 13.8 Å². The number of anilines is 2. The van der Waals surface area contributed by atoms with Gasteiger partial charge in [-0.3, -0.25) is 10.1 Å². The zero-order valence-corrected chi connectivity index (χ0v) is 10.4. The lowest BCUT2D eigenvalue weighted by molar-refractivity contribution is 0.102. The van der Waals surface area contributed by atoms with E-state index in [0.29, 0.717) is 12.4 Å². The molecule has 7 nitrogen and oxygen atoms in total. The number of halogens is 1. The van der Waals surface area contributed by atoms with Crippen LogP contribution in [0.1, 0.15) is 23.1 Å². The van der Waals surface area contributed by atoms with Gasteiger partial charge in [0.1, 0.15) is 11.6 Å². The minimum atomic E-state index is -0.603. The molecule has 0 atom stereocenters. The summed E-state index contributed by atoms with van der Waals surface area (Å²) in [5.74, 6) is -0.502. The number of pyridine rings is 1. The van der Waals surface area contributed by atoms with E-state index in [1.807, 2.05) is 6.92 Å². The predicted molar refractivity (Wildman–Crippen MR) is 65.3 cm³/mol. The molecular formula is C11H12FN5O2. The van der Waals surface area contributed by atoms with Gasteiger partial charge in [-0.1, -0.05) is 5.16 Å². The maximum Gasteiger partial charge on any atom is 0.328 e. The molecule has 0 aliphatic carbocycles. The van der Waals surface area contributed by atoms with E-state index < -0.39 is 11.7 Å². The maximum atomic E-state index is 13.2. The minimum absolute atomic E-state index is 0.0470. The molecule has 0 aromatic carbocycles. The fraction of sp³-hybridized carbons (Fsp3) is 0.273. The lowest BCUT2D eigenvalue weighted by Gasteiger charge is -2.08. The van der Waals surface area contributed by atoms with Crippen molar-refractivity contribution in [2.75, 3.05) is 17.2 Å². The Kier molecular flexibility index (Phi) is 3.69. The molecule has 2 N–H and O–H groups in total. The molecule has 2 heterocycles. The Hall–Kier alpha value is -2.51. The van der Waals surface area contributed by atoms with Crippen LogP contribution in [0, 0.1) is 12.7 Å². The summed E-state index contributed by atoms with van der Waals surface area (Å²) in [5, 5.41) is 8.78. The number of carbonyl (C=O) groups is 1. The Morgan fingerprint density at radius 3 is 2.95 bits per heavy atom. The molecule has 8 heteroatoms. The third-order valence-corrected chi connectivity index (χ3v) is 2.19. The van der Waals surface area contributed by atoms with Gasteiger partial charge in [0.2, 0.25) is 0 Å². The van der Waals surface area contributed by atoms with Gasteiger partial charge in [-0.2, -0.15) is 4.98 Å². The largest absolute Gasteiger partial charge is 0.370 e. The maximum absolute atomic E-state index is 13.2. The molecule has 0 saturated heterocycles. The van der Waals surface area contributed by atoms with E-state index in [0.717, 1.165) is 12.3 Å². The van der Waals surface area contributed by atoms with Gasteiger partial charge >= 0.3 is 6.01 Å². The standard InChI is InChI=1S/C11H12FN5O2/c1-3-13-9-8(4-7(12)5-14-9)10(18)16-11-15-6(2)17-19-11/h4-5H,3H2,1-2H3,(H,13,14)(H,15,16,17,18). The van der Waals surface area contributed by atoms with Crippen LogP contribution in [0.15, 0.2) is 16.8 Å². The van der Waals surface area contributed by atoms with Gasteiger partial charge in [-0.05, 0) is 19.9 Å². The van der Waals surface area contributed by atoms with Crippen molar-refractivity contribution >= 4 is 17.7 Å². The number of carbonyl (C=O) groups excluding carboxylic acids is 1. The summed E-state index contributed by atoms with van der Waals surface area (Å²) in [7, 11) is 0. The Labute approximate surface area is 108 Å². The fourth-order valence-electron chi connectivity index (χ4n) is 1.43. The summed E-state index contributed by atoms with van der Waals surface area (Å²) < 4.78 is 17.9. The molecule has 0 aliphatic rings. The molecule has 2 aromatic heterocycles. The topological polar surface area (TPSA) is 92.9 Å². The van der Waals surface area contributed by atoms with E-state index in [9.17, 15) is 9.18 Å². The second-order valence-corrected chi connectivity index (χ2v) is 3.68. The number of aryl methyl sites for hydroxylation is 1. The fourth-order valence-corrected chi connectivity index (χ4v) is 1.43. The van der Waals surface area contributed by atoms with Gasteiger partial charge in [-0.25, -0.2) is 9.37 Å². The van der Waals surface area contributed by atoms with Crippen molar-refractivity contribution in [3.63, 3.8) is 0 Å². The van der Waals surface area contributed by atoms with Crippen LogP contribution in [0.4, 0.5) is 16.2 Å². The number of rotatable bonds is 4. The van der Waals surface area contributed by atoms with Gasteiger partial charge in [0.15, 0.2) is 5.82 Å². The van der Waals surface area contributed by atoms with Gasteiger partial charge in [0.25, 0.3) is 5.91 Å². The molecule has 0 bridgehead atoms. The lowest BCUT2D eigenvalue weighted by Crippen LogP contribution is -2.16. The van der Waals surface area contributed by atoms with E-state index in [2.05, 4.69) is 25.8 Å². The second kappa shape index (κ2) is 5.42. The number of nitrogens with zero attached hydrogens (tertiary/aromatic N) is 3. The molecule has 1 amide bonds. The van der Waals surface area contributed by atoms with E-state index in [4.69, 9.17) is 4.52 Å². The summed E-state index contributed by atoms with van der Waals surface area (Å²) in [5.41, 5.74) is 0.0673. The molecule has 100 valence electrons. The number of nitrogens with one attached hydrogen (secondary N) is 2. The number of hydrogen-bond acceptors (Lipinski definition) is 6. The quantitative estimate of drug-likeness (QED) is 0.872. The van der Waals surface area contributed by atoms with E-state index >= 15 is 0 Å². The van der Waals surface area contributed by atoms with Crippen LogP contribution < -0.4 is 10.6 Å². The highest BCUT2D eigenvalue weighted by molar-refractivity contribution is 6.06. The highest BCUT2D eigenvalue weighted by atomic mass is 19.1. The van der Waals surface area contributed by atoms with Crippen LogP contribution in [-0.4, -0.2) is 27.6 Å². The highest BCUT2D eigenvalue weighted by Gasteiger charge is 2.16. The lowest BCUT2D eigenvalue weighted by atomic mass is 10.2. The molecule has 0 unspecified atom stereocenters. The summed E-state index contributed by atoms with van der Waals surface area (Å²) >= 11 is 0. The van der Waals surface area contributed by atoms with Gasteiger partial charge in [0.05, 0.1) is 11.8 Å². The molecule has 0 aliphatic heterocycles. The van der Waals surface area contributed by atoms with Crippen molar-refractivity contribution in [1.29, 1.82) is 0 Å². The predicted octanol–water partition coefficient (Wildman–Crippen LogP) is 1.60. The average Bonchev–Trinajstić information content (AvgIpc) is 2.77. The summed E-state index contributed by atoms with van der Waals surface area (Å²) in [6, 6.07) is 1.04. The smallest absolute Gasteiger partial charge is 0.328 e. The molecule has 19 heavy (non-hydrogen) atoms. The molecule has 2 aromatic rings. The first kappa shape index (κ1) is 12.9. The SMILES string of the molecule is CCNc1ncc(F)cc1C(=O)Nc1nc(C)no1. The Morgan fingerprint density at radius 1 is 1.53 bits per heavy atom. The monoisotopic (exact) mass is 265 g/mol. The molecular weight excluding hydrogens is 253 g/mol. The normalized spacial score (nSPS) is 10.3. The molecule has 2 rings (SSSR count). The Morgan fingerprint density at radius 2 is 2.32 bits per heavy atom. The van der Waals surface area contributed by atoms with E-state index in [1.165, 1.54) is 0 Å². The van der Waals surface area contributed by atoms with Gasteiger partial charge < -0.3 is 9.84 Å². The zero-order valence-electron chi connectivity index (χ0n) is 10.4. The number of amides is 1. The summed E-state index contributed by atoms with van der Waals surface area (Å²) in [6.45, 7) is 4.01. The van der Waals surface area contributed by atoms with Crippen molar-refractivity contribution in [3.05, 3.63) is 29.5 Å². The highest BCUT2D eigenvalue weighted by Crippen LogP contribution is 2.15. The van der Waals surface area contributed by atoms with E-state index in [1.54, 1.807) is 6.92 Å². The molecule has 0 spiro atoms. The van der Waals surface area contributed by atoms with Crippen LogP contribution >= 0.6 is 0 Å². The van der Waals surface area contributed by atoms with Crippen LogP contribution in [0.5, 0.6) is 0 Å². The third kappa shape index (κ3) is 3.03. The van der Waals surface area contributed by atoms with Crippen molar-refractivity contribution in [1.82, 2.24) is 15.1 Å². The first-order chi connectivity index (χ1) is 9.10. The molecule has 0 saturated carbocycles. The molecule has 0 radical (unpaired) electrons. The van der Waals surface area contributed by atoms with Crippen molar-refractivity contribution in [3.8, 4) is 0 Å². The third-order valence-electron chi connectivity index (χ3n) is 2.19. The van der Waals surface area contributed by atoms with Crippen LogP contribution in [0.3, 0.4) is 0 Å². The van der Waals surface area contributed by atoms with Gasteiger partial charge in [-0.15, -0.1) is 0 Å². The van der Waals surface area contributed by atoms with Crippen LogP contribution in [-0.2, 0) is 0 Å². The number of hydrogen-bond donors (Lipinski definition) is 2. The Bertz CT molecular complexity index is 599. The van der Waals surface area contributed by atoms with Gasteiger partial charge in [0, 0.05) is 6.54 Å². The van der Waals surface area contributed by atoms with E-state index in [-0.39, 0.29) is 17.4 Å². The van der Waals surface area contributed by atoms with Crippen molar-refractivity contribution < 1.29 is 13.7 Å². The van der Waals surface area contributed by atoms with Crippen molar-refractivity contribution in [2.24, 2.45) is 0 Å². The summed E-state index contributed by atoms with van der Waals surface area (Å²) in [4.78, 5) is 19.6. The molecule has 0 fully saturated rings.